The van der Waals surface area contributed by atoms with Crippen LogP contribution in [0.15, 0.2) is 55.1 Å². The molecule has 16 heteroatoms. The fraction of sp³-hybridized carbons (Fsp3) is 0.448. The van der Waals surface area contributed by atoms with E-state index in [4.69, 9.17) is 4.74 Å². The summed E-state index contributed by atoms with van der Waals surface area (Å²) in [4.78, 5) is 29.7. The average Bonchev–Trinajstić information content (AvgIpc) is 3.62. The first-order valence-electron chi connectivity index (χ1n) is 13.7. The summed E-state index contributed by atoms with van der Waals surface area (Å²) in [6.45, 7) is 10.9. The molecule has 0 aliphatic rings. The molecule has 1 aromatic carbocycles. The molecule has 3 aromatic rings. The van der Waals surface area contributed by atoms with Crippen LogP contribution in [0.25, 0.3) is 11.3 Å². The lowest BCUT2D eigenvalue weighted by molar-refractivity contribution is -0.143. The number of alkyl carbamates (subject to hydrolysis) is 1. The zero-order valence-corrected chi connectivity index (χ0v) is 24.9. The minimum atomic E-state index is -5.02. The monoisotopic (exact) mass is 644 g/mol. The molecule has 10 nitrogen and oxygen atoms in total. The lowest BCUT2D eigenvalue weighted by Gasteiger charge is -2.32. The van der Waals surface area contributed by atoms with Crippen LogP contribution >= 0.6 is 0 Å². The van der Waals surface area contributed by atoms with Crippen LogP contribution in [0.5, 0.6) is 0 Å². The summed E-state index contributed by atoms with van der Waals surface area (Å²) in [5.41, 5.74) is -3.89. The molecule has 2 heterocycles. The predicted molar refractivity (Wildman–Crippen MR) is 152 cm³/mol. The first-order chi connectivity index (χ1) is 20.8. The molecule has 0 fully saturated rings. The minimum Gasteiger partial charge on any atom is -0.444 e. The van der Waals surface area contributed by atoms with E-state index in [0.29, 0.717) is 30.5 Å². The number of anilines is 1. The number of alkyl halides is 6. The molecule has 2 aromatic heterocycles. The Morgan fingerprint density at radius 1 is 1.09 bits per heavy atom. The van der Waals surface area contributed by atoms with Gasteiger partial charge >= 0.3 is 18.4 Å². The topological polar surface area (TPSA) is 134 Å². The Morgan fingerprint density at radius 3 is 2.22 bits per heavy atom. The number of carbonyl (C=O) groups excluding carboxylic acids is 2. The van der Waals surface area contributed by atoms with E-state index in [9.17, 15) is 41.0 Å². The number of aliphatic hydroxyl groups excluding tert-OH is 1. The molecule has 0 spiro atoms. The molecule has 3 rings (SSSR count). The average molecular weight is 645 g/mol. The van der Waals surface area contributed by atoms with Gasteiger partial charge in [-0.25, -0.2) is 9.78 Å². The Morgan fingerprint density at radius 2 is 1.71 bits per heavy atom. The first kappa shape index (κ1) is 35.1. The molecule has 45 heavy (non-hydrogen) atoms. The van der Waals surface area contributed by atoms with E-state index in [-0.39, 0.29) is 24.1 Å². The molecule has 0 saturated carbocycles. The number of benzene rings is 1. The molecule has 0 bridgehead atoms. The van der Waals surface area contributed by atoms with E-state index in [1.54, 1.807) is 20.8 Å². The lowest BCUT2D eigenvalue weighted by atomic mass is 9.89. The van der Waals surface area contributed by atoms with Crippen LogP contribution in [0.1, 0.15) is 51.7 Å². The Kier molecular flexibility index (Phi) is 10.7. The molecule has 0 aliphatic heterocycles. The van der Waals surface area contributed by atoms with Gasteiger partial charge in [0, 0.05) is 23.2 Å². The van der Waals surface area contributed by atoms with Gasteiger partial charge in [0.2, 0.25) is 0 Å². The van der Waals surface area contributed by atoms with Crippen molar-refractivity contribution in [1.29, 1.82) is 0 Å². The Bertz CT molecular complexity index is 1450. The normalized spacial score (nSPS) is 14.4. The lowest BCUT2D eigenvalue weighted by Crippen LogP contribution is -2.51. The van der Waals surface area contributed by atoms with Crippen LogP contribution in [-0.4, -0.2) is 55.1 Å². The van der Waals surface area contributed by atoms with Crippen molar-refractivity contribution in [3.63, 3.8) is 0 Å². The van der Waals surface area contributed by atoms with E-state index in [1.165, 1.54) is 29.4 Å². The predicted octanol–water partition coefficient (Wildman–Crippen LogP) is 6.18. The summed E-state index contributed by atoms with van der Waals surface area (Å²) in [6, 6.07) is 1.40. The van der Waals surface area contributed by atoms with Gasteiger partial charge in [0.25, 0.3) is 5.91 Å². The van der Waals surface area contributed by atoms with Crippen molar-refractivity contribution in [3.05, 3.63) is 66.3 Å². The van der Waals surface area contributed by atoms with Crippen molar-refractivity contribution < 1.29 is 45.8 Å². The van der Waals surface area contributed by atoms with Gasteiger partial charge in [-0.05, 0) is 24.6 Å². The number of aliphatic hydroxyl groups is 1. The fourth-order valence-corrected chi connectivity index (χ4v) is 4.25. The van der Waals surface area contributed by atoms with Crippen LogP contribution in [0, 0.1) is 5.41 Å². The van der Waals surface area contributed by atoms with E-state index in [1.807, 2.05) is 6.92 Å². The summed E-state index contributed by atoms with van der Waals surface area (Å²) in [5, 5.41) is 21.9. The van der Waals surface area contributed by atoms with Crippen LogP contribution in [-0.2, 0) is 28.4 Å². The minimum absolute atomic E-state index is 0.0307. The highest BCUT2D eigenvalue weighted by Gasteiger charge is 2.38. The number of hydrogen-bond acceptors (Lipinski definition) is 6. The molecule has 2 amide bonds. The number of hydrogen-bond donors (Lipinski definition) is 4. The van der Waals surface area contributed by atoms with Gasteiger partial charge in [0.05, 0.1) is 41.9 Å². The maximum Gasteiger partial charge on any atom is 0.416 e. The second kappa shape index (κ2) is 13.7. The van der Waals surface area contributed by atoms with Gasteiger partial charge in [-0.3, -0.25) is 9.89 Å². The Hall–Kier alpha value is -4.34. The van der Waals surface area contributed by atoms with Crippen LogP contribution in [0.2, 0.25) is 0 Å². The summed E-state index contributed by atoms with van der Waals surface area (Å²) < 4.78 is 87.1. The number of halogens is 6. The van der Waals surface area contributed by atoms with E-state index >= 15 is 0 Å². The van der Waals surface area contributed by atoms with Crippen LogP contribution in [0.3, 0.4) is 0 Å². The number of H-pyrrole nitrogens is 1. The number of rotatable bonds is 11. The number of imidazole rings is 1. The highest BCUT2D eigenvalue weighted by molar-refractivity contribution is 5.94. The van der Waals surface area contributed by atoms with Gasteiger partial charge in [0.1, 0.15) is 11.9 Å². The summed E-state index contributed by atoms with van der Waals surface area (Å²) in [7, 11) is 0. The van der Waals surface area contributed by atoms with Crippen molar-refractivity contribution in [2.24, 2.45) is 5.41 Å². The molecule has 246 valence electrons. The summed E-state index contributed by atoms with van der Waals surface area (Å²) >= 11 is 0. The summed E-state index contributed by atoms with van der Waals surface area (Å²) in [6.07, 6.45) is -8.92. The Balaban J connectivity index is 1.81. The van der Waals surface area contributed by atoms with E-state index in [0.717, 1.165) is 0 Å². The molecule has 0 aliphatic carbocycles. The first-order valence-corrected chi connectivity index (χ1v) is 13.7. The molecule has 0 saturated heterocycles. The van der Waals surface area contributed by atoms with Gasteiger partial charge in [-0.15, -0.1) is 0 Å². The molecule has 4 N–H and O–H groups in total. The van der Waals surface area contributed by atoms with E-state index in [2.05, 4.69) is 32.4 Å². The van der Waals surface area contributed by atoms with Gasteiger partial charge in [-0.2, -0.15) is 31.4 Å². The third-order valence-electron chi connectivity index (χ3n) is 6.74. The smallest absolute Gasteiger partial charge is 0.416 e. The molecular formula is C29H34F6N6O4. The van der Waals surface area contributed by atoms with Crippen molar-refractivity contribution in [2.45, 2.75) is 77.7 Å². The van der Waals surface area contributed by atoms with Crippen molar-refractivity contribution in [1.82, 2.24) is 25.1 Å². The number of carbonyl (C=O) groups is 2. The zero-order chi connectivity index (χ0) is 33.7. The third-order valence-corrected chi connectivity index (χ3v) is 6.74. The van der Waals surface area contributed by atoms with Crippen LogP contribution in [0.4, 0.5) is 37.0 Å². The maximum absolute atomic E-state index is 13.3. The number of aromatic nitrogens is 4. The highest BCUT2D eigenvalue weighted by Crippen LogP contribution is 2.38. The zero-order valence-electron chi connectivity index (χ0n) is 24.9. The molecule has 3 atom stereocenters. The molecule has 0 radical (unpaired) electrons. The number of nitrogens with one attached hydrogen (secondary N) is 3. The number of ether oxygens (including phenoxy) is 1. The second-order valence-corrected chi connectivity index (χ2v) is 11.4. The Labute approximate surface area is 254 Å². The molecular weight excluding hydrogens is 610 g/mol. The van der Waals surface area contributed by atoms with Crippen LogP contribution < -0.4 is 10.6 Å². The van der Waals surface area contributed by atoms with Crippen molar-refractivity contribution in [3.8, 4) is 11.3 Å². The summed E-state index contributed by atoms with van der Waals surface area (Å²) in [5.74, 6) is -0.628. The molecule has 0 unspecified atom stereocenters. The largest absolute Gasteiger partial charge is 0.444 e. The van der Waals surface area contributed by atoms with Gasteiger partial charge < -0.3 is 25.0 Å². The number of aromatic amines is 1. The van der Waals surface area contributed by atoms with Gasteiger partial charge in [-0.1, -0.05) is 46.3 Å². The van der Waals surface area contributed by atoms with Gasteiger partial charge in [0.15, 0.2) is 6.10 Å². The second-order valence-electron chi connectivity index (χ2n) is 11.4. The highest BCUT2D eigenvalue weighted by atomic mass is 19.4. The third kappa shape index (κ3) is 9.57. The SMILES string of the molecule is C=C(CCC)[C@H](NC(=O)O[C@H](Cn1cnc(-c2cc(C(F)(F)F)cc(C(F)(F)F)c2)c1)C(C)(C)C)[C@@H](O)C(=O)Nc1ccn[nH]1. The number of amides is 2. The van der Waals surface area contributed by atoms with E-state index < -0.39 is 64.7 Å². The van der Waals surface area contributed by atoms with Crippen molar-refractivity contribution >= 4 is 17.8 Å². The standard InChI is InChI=1S/C29H34F6N6O4/c1-6-7-16(2)23(24(42)25(43)38-22-8-9-37-40-22)39-26(44)45-21(27(3,4)5)14-41-13-20(36-15-41)17-10-18(28(30,31)32)12-19(11-17)29(33,34)35/h8-13,15,21,23-24,42H,2,6-7,14H2,1,3-5H3,(H,39,44)(H2,37,38,40,43)/t21-,23+,24-/m1/s1. The maximum atomic E-state index is 13.3. The van der Waals surface area contributed by atoms with Crippen molar-refractivity contribution in [2.75, 3.05) is 5.32 Å². The number of nitrogens with zero attached hydrogens (tertiary/aromatic N) is 3. The quantitative estimate of drug-likeness (QED) is 0.146. The fourth-order valence-electron chi connectivity index (χ4n) is 4.25.